The van der Waals surface area contributed by atoms with Crippen LogP contribution in [0.1, 0.15) is 25.7 Å². The summed E-state index contributed by atoms with van der Waals surface area (Å²) in [5, 5.41) is 8.96. The van der Waals surface area contributed by atoms with E-state index in [1.807, 2.05) is 0 Å². The third-order valence-electron chi connectivity index (χ3n) is 5.73. The summed E-state index contributed by atoms with van der Waals surface area (Å²) >= 11 is 0. The smallest absolute Gasteiger partial charge is 0.0656 e. The van der Waals surface area contributed by atoms with Crippen LogP contribution in [-0.2, 0) is 0 Å². The maximum atomic E-state index is 8.96. The van der Waals surface area contributed by atoms with Crippen molar-refractivity contribution in [3.63, 3.8) is 0 Å². The first-order valence-electron chi connectivity index (χ1n) is 9.77. The second kappa shape index (κ2) is 9.53. The van der Waals surface area contributed by atoms with Crippen LogP contribution in [-0.4, -0.2) is 91.7 Å². The summed E-state index contributed by atoms with van der Waals surface area (Å²) in [5.74, 6) is 0.309. The van der Waals surface area contributed by atoms with E-state index in [-0.39, 0.29) is 0 Å². The number of hydrogen-bond donors (Lipinski definition) is 0. The third-order valence-corrected chi connectivity index (χ3v) is 5.73. The van der Waals surface area contributed by atoms with Crippen molar-refractivity contribution in [2.75, 3.05) is 72.1 Å². The first-order valence-corrected chi connectivity index (χ1v) is 9.77. The van der Waals surface area contributed by atoms with Crippen molar-refractivity contribution in [2.24, 2.45) is 5.92 Å². The van der Waals surface area contributed by atoms with Crippen LogP contribution in [0.5, 0.6) is 0 Å². The largest absolute Gasteiger partial charge is 0.303 e. The van der Waals surface area contributed by atoms with E-state index >= 15 is 0 Å². The van der Waals surface area contributed by atoms with Gasteiger partial charge < -0.3 is 4.90 Å². The fourth-order valence-electron chi connectivity index (χ4n) is 4.05. The summed E-state index contributed by atoms with van der Waals surface area (Å²) in [6.07, 6.45) is 9.23. The van der Waals surface area contributed by atoms with Gasteiger partial charge in [0, 0.05) is 51.7 Å². The van der Waals surface area contributed by atoms with Crippen molar-refractivity contribution in [1.29, 1.82) is 5.26 Å². The van der Waals surface area contributed by atoms with E-state index in [2.05, 4.69) is 37.8 Å². The molecule has 134 valence electrons. The van der Waals surface area contributed by atoms with Gasteiger partial charge in [0.1, 0.15) is 0 Å². The van der Waals surface area contributed by atoms with E-state index in [0.29, 0.717) is 5.92 Å². The lowest BCUT2D eigenvalue weighted by Crippen LogP contribution is -2.37. The molecule has 24 heavy (non-hydrogen) atoms. The Bertz CT molecular complexity index is 436. The van der Waals surface area contributed by atoms with Crippen LogP contribution in [0.3, 0.4) is 0 Å². The standard InChI is InChI=1S/C19H33N5/c20-17-19-5-11-22(12-6-19)9-4-10-23-15-16-24(18-23)14-13-21-7-2-1-3-8-21/h1-2,19H,3-16,18H2. The average Bonchev–Trinajstić information content (AvgIpc) is 3.09. The molecule has 0 aromatic carbocycles. The van der Waals surface area contributed by atoms with E-state index < -0.39 is 0 Å². The molecule has 0 aromatic heterocycles. The van der Waals surface area contributed by atoms with E-state index in [1.165, 1.54) is 58.7 Å². The van der Waals surface area contributed by atoms with E-state index in [9.17, 15) is 0 Å². The topological polar surface area (TPSA) is 36.8 Å². The van der Waals surface area contributed by atoms with Gasteiger partial charge >= 0.3 is 0 Å². The minimum absolute atomic E-state index is 0.309. The molecule has 0 spiro atoms. The zero-order valence-corrected chi connectivity index (χ0v) is 15.1. The van der Waals surface area contributed by atoms with Gasteiger partial charge in [0.25, 0.3) is 0 Å². The summed E-state index contributed by atoms with van der Waals surface area (Å²) in [6.45, 7) is 13.1. The maximum absolute atomic E-state index is 8.96. The lowest BCUT2D eigenvalue weighted by atomic mass is 9.98. The van der Waals surface area contributed by atoms with Crippen LogP contribution in [0.4, 0.5) is 0 Å². The first kappa shape index (κ1) is 17.9. The third kappa shape index (κ3) is 5.56. The van der Waals surface area contributed by atoms with E-state index in [0.717, 1.165) is 39.1 Å². The highest BCUT2D eigenvalue weighted by Gasteiger charge is 2.21. The normalized spacial score (nSPS) is 25.3. The van der Waals surface area contributed by atoms with Gasteiger partial charge in [-0.3, -0.25) is 14.7 Å². The molecule has 0 amide bonds. The molecule has 0 N–H and O–H groups in total. The lowest BCUT2D eigenvalue weighted by Gasteiger charge is -2.29. The molecule has 0 radical (unpaired) electrons. The minimum Gasteiger partial charge on any atom is -0.303 e. The van der Waals surface area contributed by atoms with Crippen LogP contribution < -0.4 is 0 Å². The zero-order valence-electron chi connectivity index (χ0n) is 15.1. The SMILES string of the molecule is N#CC1CCN(CCCN2CCN(CCN3CC=CCC3)C2)CC1. The van der Waals surface area contributed by atoms with Crippen LogP contribution >= 0.6 is 0 Å². The molecule has 0 atom stereocenters. The molecule has 5 heteroatoms. The van der Waals surface area contributed by atoms with Gasteiger partial charge in [0.2, 0.25) is 0 Å². The zero-order chi connectivity index (χ0) is 16.6. The molecule has 5 nitrogen and oxygen atoms in total. The predicted octanol–water partition coefficient (Wildman–Crippen LogP) is 1.45. The summed E-state index contributed by atoms with van der Waals surface area (Å²) in [5.41, 5.74) is 0. The van der Waals surface area contributed by atoms with Crippen molar-refractivity contribution in [3.8, 4) is 6.07 Å². The highest BCUT2D eigenvalue weighted by Crippen LogP contribution is 2.16. The first-order chi connectivity index (χ1) is 11.8. The maximum Gasteiger partial charge on any atom is 0.0656 e. The molecule has 0 aliphatic carbocycles. The average molecular weight is 332 g/mol. The Morgan fingerprint density at radius 2 is 1.50 bits per heavy atom. The molecule has 0 unspecified atom stereocenters. The lowest BCUT2D eigenvalue weighted by molar-refractivity contribution is 0.180. The Hall–Kier alpha value is -0.930. The molecule has 0 aromatic rings. The van der Waals surface area contributed by atoms with Gasteiger partial charge in [-0.25, -0.2) is 0 Å². The molecule has 3 heterocycles. The predicted molar refractivity (Wildman–Crippen MR) is 97.6 cm³/mol. The minimum atomic E-state index is 0.309. The van der Waals surface area contributed by atoms with Crippen LogP contribution in [0.25, 0.3) is 0 Å². The second-order valence-corrected chi connectivity index (χ2v) is 7.54. The van der Waals surface area contributed by atoms with E-state index in [1.54, 1.807) is 0 Å². The Morgan fingerprint density at radius 1 is 0.792 bits per heavy atom. The fraction of sp³-hybridized carbons (Fsp3) is 0.842. The Morgan fingerprint density at radius 3 is 2.21 bits per heavy atom. The van der Waals surface area contributed by atoms with E-state index in [4.69, 9.17) is 5.26 Å². The molecule has 2 fully saturated rings. The molecule has 2 saturated heterocycles. The van der Waals surface area contributed by atoms with Gasteiger partial charge in [-0.15, -0.1) is 0 Å². The monoisotopic (exact) mass is 331 g/mol. The number of nitrogens with zero attached hydrogens (tertiary/aromatic N) is 5. The Labute approximate surface area is 147 Å². The molecular weight excluding hydrogens is 298 g/mol. The number of piperidine rings is 1. The van der Waals surface area contributed by atoms with Gasteiger partial charge in [0.15, 0.2) is 0 Å². The second-order valence-electron chi connectivity index (χ2n) is 7.54. The van der Waals surface area contributed by atoms with Gasteiger partial charge in [0.05, 0.1) is 12.7 Å². The number of hydrogen-bond acceptors (Lipinski definition) is 5. The van der Waals surface area contributed by atoms with Gasteiger partial charge in [-0.1, -0.05) is 12.2 Å². The van der Waals surface area contributed by atoms with Gasteiger partial charge in [-0.2, -0.15) is 5.26 Å². The molecule has 3 aliphatic heterocycles. The van der Waals surface area contributed by atoms with Crippen LogP contribution in [0, 0.1) is 17.2 Å². The highest BCUT2D eigenvalue weighted by atomic mass is 15.4. The van der Waals surface area contributed by atoms with Crippen molar-refractivity contribution in [2.45, 2.75) is 25.7 Å². The molecule has 3 aliphatic rings. The molecule has 0 bridgehead atoms. The fourth-order valence-corrected chi connectivity index (χ4v) is 4.05. The Kier molecular flexibility index (Phi) is 7.10. The molecular formula is C19H33N5. The summed E-state index contributed by atoms with van der Waals surface area (Å²) in [7, 11) is 0. The van der Waals surface area contributed by atoms with Crippen LogP contribution in [0.2, 0.25) is 0 Å². The number of rotatable bonds is 7. The van der Waals surface area contributed by atoms with Crippen molar-refractivity contribution in [1.82, 2.24) is 19.6 Å². The summed E-state index contributed by atoms with van der Waals surface area (Å²) in [4.78, 5) is 10.3. The summed E-state index contributed by atoms with van der Waals surface area (Å²) in [6, 6.07) is 2.42. The number of likely N-dealkylation sites (tertiary alicyclic amines) is 1. The molecule has 0 saturated carbocycles. The van der Waals surface area contributed by atoms with Crippen LogP contribution in [0.15, 0.2) is 12.2 Å². The molecule has 3 rings (SSSR count). The van der Waals surface area contributed by atoms with Gasteiger partial charge in [-0.05, 0) is 45.3 Å². The van der Waals surface area contributed by atoms with Crippen molar-refractivity contribution in [3.05, 3.63) is 12.2 Å². The van der Waals surface area contributed by atoms with Crippen molar-refractivity contribution >= 4 is 0 Å². The summed E-state index contributed by atoms with van der Waals surface area (Å²) < 4.78 is 0. The van der Waals surface area contributed by atoms with Crippen molar-refractivity contribution < 1.29 is 0 Å². The highest BCUT2D eigenvalue weighted by molar-refractivity contribution is 4.91. The Balaban J connectivity index is 1.24. The number of nitriles is 1. The quantitative estimate of drug-likeness (QED) is 0.660.